The largest absolute Gasteiger partial charge is 0.497 e. The van der Waals surface area contributed by atoms with Crippen molar-refractivity contribution in [3.63, 3.8) is 0 Å². The Bertz CT molecular complexity index is 1150. The zero-order chi connectivity index (χ0) is 19.0. The van der Waals surface area contributed by atoms with Crippen LogP contribution in [0.5, 0.6) is 5.75 Å². The van der Waals surface area contributed by atoms with Crippen LogP contribution in [0.1, 0.15) is 34.5 Å². The maximum atomic E-state index is 12.7. The second-order valence-electron chi connectivity index (χ2n) is 6.74. The van der Waals surface area contributed by atoms with E-state index in [1.54, 1.807) is 7.11 Å². The number of benzene rings is 2. The van der Waals surface area contributed by atoms with E-state index in [2.05, 4.69) is 15.3 Å². The van der Waals surface area contributed by atoms with Crippen LogP contribution in [0.3, 0.4) is 0 Å². The van der Waals surface area contributed by atoms with Gasteiger partial charge in [0.1, 0.15) is 5.75 Å². The summed E-state index contributed by atoms with van der Waals surface area (Å²) in [5, 5.41) is 5.30. The molecule has 1 amide bonds. The zero-order valence-corrected chi connectivity index (χ0v) is 15.5. The summed E-state index contributed by atoms with van der Waals surface area (Å²) in [4.78, 5) is 20.3. The van der Waals surface area contributed by atoms with Gasteiger partial charge in [-0.05, 0) is 49.2 Å². The predicted octanol–water partition coefficient (Wildman–Crippen LogP) is 4.52. The van der Waals surface area contributed by atoms with Crippen molar-refractivity contribution >= 4 is 27.7 Å². The van der Waals surface area contributed by atoms with Gasteiger partial charge in [0.05, 0.1) is 24.9 Å². The number of hydrogen-bond donors (Lipinski definition) is 2. The van der Waals surface area contributed by atoms with Crippen LogP contribution in [-0.4, -0.2) is 23.0 Å². The number of nitrogens with zero attached hydrogens (tertiary/aromatic N) is 1. The smallest absolute Gasteiger partial charge is 0.251 e. The van der Waals surface area contributed by atoms with Crippen molar-refractivity contribution in [1.82, 2.24) is 15.3 Å². The molecule has 27 heavy (non-hydrogen) atoms. The van der Waals surface area contributed by atoms with Crippen LogP contribution < -0.4 is 10.1 Å². The van der Waals surface area contributed by atoms with Crippen molar-refractivity contribution in [2.24, 2.45) is 0 Å². The second-order valence-corrected chi connectivity index (χ2v) is 6.74. The second kappa shape index (κ2) is 6.76. The minimum absolute atomic E-state index is 0.110. The van der Waals surface area contributed by atoms with E-state index < -0.39 is 0 Å². The Balaban J connectivity index is 1.62. The Morgan fingerprint density at radius 1 is 1.15 bits per heavy atom. The number of ether oxygens (including phenoxy) is 1. The first-order valence-corrected chi connectivity index (χ1v) is 8.87. The highest BCUT2D eigenvalue weighted by atomic mass is 16.5. The highest BCUT2D eigenvalue weighted by molar-refractivity contribution is 6.10. The molecule has 0 saturated carbocycles. The van der Waals surface area contributed by atoms with Crippen LogP contribution in [0, 0.1) is 6.92 Å². The Labute approximate surface area is 157 Å². The van der Waals surface area contributed by atoms with E-state index >= 15 is 0 Å². The normalized spacial score (nSPS) is 12.3. The number of amides is 1. The summed E-state index contributed by atoms with van der Waals surface area (Å²) >= 11 is 0. The molecule has 0 radical (unpaired) electrons. The van der Waals surface area contributed by atoms with Crippen LogP contribution in [0.15, 0.2) is 54.9 Å². The van der Waals surface area contributed by atoms with E-state index in [4.69, 9.17) is 4.74 Å². The number of nitrogens with one attached hydrogen (secondary N) is 2. The number of pyridine rings is 1. The molecule has 5 nitrogen and oxygen atoms in total. The van der Waals surface area contributed by atoms with E-state index in [0.717, 1.165) is 38.7 Å². The Hall–Kier alpha value is -3.34. The fraction of sp³-hybridized carbons (Fsp3) is 0.182. The lowest BCUT2D eigenvalue weighted by atomic mass is 10.1. The van der Waals surface area contributed by atoms with Crippen molar-refractivity contribution in [3.8, 4) is 5.75 Å². The van der Waals surface area contributed by atoms with Gasteiger partial charge in [-0.15, -0.1) is 0 Å². The minimum atomic E-state index is -0.127. The van der Waals surface area contributed by atoms with E-state index in [1.807, 2.05) is 68.7 Å². The highest BCUT2D eigenvalue weighted by Gasteiger charge is 2.14. The topological polar surface area (TPSA) is 67.0 Å². The summed E-state index contributed by atoms with van der Waals surface area (Å²) in [7, 11) is 1.63. The number of methoxy groups -OCH3 is 1. The van der Waals surface area contributed by atoms with E-state index in [1.165, 1.54) is 0 Å². The number of aryl methyl sites for hydroxylation is 1. The third-order valence-corrected chi connectivity index (χ3v) is 4.90. The first-order chi connectivity index (χ1) is 13.1. The molecule has 0 bridgehead atoms. The summed E-state index contributed by atoms with van der Waals surface area (Å²) in [5.41, 5.74) is 4.64. The van der Waals surface area contributed by atoms with Crippen LogP contribution in [-0.2, 0) is 0 Å². The summed E-state index contributed by atoms with van der Waals surface area (Å²) < 4.78 is 5.26. The van der Waals surface area contributed by atoms with Crippen LogP contribution >= 0.6 is 0 Å². The van der Waals surface area contributed by atoms with Gasteiger partial charge in [-0.1, -0.05) is 18.2 Å². The first-order valence-electron chi connectivity index (χ1n) is 8.87. The third kappa shape index (κ3) is 3.12. The molecule has 1 unspecified atom stereocenters. The molecule has 136 valence electrons. The monoisotopic (exact) mass is 359 g/mol. The van der Waals surface area contributed by atoms with Gasteiger partial charge in [0.2, 0.25) is 0 Å². The number of hydrogen-bond acceptors (Lipinski definition) is 3. The lowest BCUT2D eigenvalue weighted by molar-refractivity contribution is 0.0940. The first kappa shape index (κ1) is 17.1. The molecule has 0 aliphatic carbocycles. The standard InChI is InChI=1S/C22H21N3O2/c1-13-11-23-12-20-21(13)18-8-7-16(10-19(18)25-20)22(26)24-14(2)15-5-4-6-17(9-15)27-3/h4-12,14,25H,1-3H3,(H,24,26). The molecule has 5 heteroatoms. The molecule has 4 rings (SSSR count). The SMILES string of the molecule is COc1cccc(C(C)NC(=O)c2ccc3c(c2)[nH]c2cncc(C)c23)c1. The predicted molar refractivity (Wildman–Crippen MR) is 107 cm³/mol. The van der Waals surface area contributed by atoms with Crippen molar-refractivity contribution in [3.05, 3.63) is 71.5 Å². The number of rotatable bonds is 4. The van der Waals surface area contributed by atoms with Gasteiger partial charge in [0.25, 0.3) is 5.91 Å². The van der Waals surface area contributed by atoms with Crippen LogP contribution in [0.2, 0.25) is 0 Å². The van der Waals surface area contributed by atoms with Gasteiger partial charge in [-0.3, -0.25) is 9.78 Å². The lowest BCUT2D eigenvalue weighted by Gasteiger charge is -2.15. The van der Waals surface area contributed by atoms with Gasteiger partial charge < -0.3 is 15.0 Å². The molecule has 2 aromatic heterocycles. The van der Waals surface area contributed by atoms with E-state index in [-0.39, 0.29) is 11.9 Å². The minimum Gasteiger partial charge on any atom is -0.497 e. The molecule has 2 heterocycles. The Morgan fingerprint density at radius 2 is 2.00 bits per heavy atom. The number of H-pyrrole nitrogens is 1. The average molecular weight is 359 g/mol. The zero-order valence-electron chi connectivity index (χ0n) is 15.5. The molecule has 0 aliphatic heterocycles. The lowest BCUT2D eigenvalue weighted by Crippen LogP contribution is -2.26. The molecule has 0 fully saturated rings. The number of aromatic amines is 1. The number of carbonyl (C=O) groups is 1. The quantitative estimate of drug-likeness (QED) is 0.563. The highest BCUT2D eigenvalue weighted by Crippen LogP contribution is 2.28. The number of aromatic nitrogens is 2. The fourth-order valence-corrected chi connectivity index (χ4v) is 3.44. The Morgan fingerprint density at radius 3 is 2.81 bits per heavy atom. The average Bonchev–Trinajstić information content (AvgIpc) is 3.06. The summed E-state index contributed by atoms with van der Waals surface area (Å²) in [6, 6.07) is 13.3. The van der Waals surface area contributed by atoms with Gasteiger partial charge in [0.15, 0.2) is 0 Å². The molecular weight excluding hydrogens is 338 g/mol. The summed E-state index contributed by atoms with van der Waals surface area (Å²) in [6.45, 7) is 4.00. The van der Waals surface area contributed by atoms with E-state index in [0.29, 0.717) is 5.56 Å². The van der Waals surface area contributed by atoms with Crippen molar-refractivity contribution in [1.29, 1.82) is 0 Å². The summed E-state index contributed by atoms with van der Waals surface area (Å²) in [5.74, 6) is 0.665. The van der Waals surface area contributed by atoms with Gasteiger partial charge >= 0.3 is 0 Å². The van der Waals surface area contributed by atoms with Crippen LogP contribution in [0.25, 0.3) is 21.8 Å². The molecule has 0 aliphatic rings. The van der Waals surface area contributed by atoms with Gasteiger partial charge in [-0.2, -0.15) is 0 Å². The maximum absolute atomic E-state index is 12.7. The Kier molecular flexibility index (Phi) is 4.28. The molecule has 2 aromatic carbocycles. The van der Waals surface area contributed by atoms with Crippen LogP contribution in [0.4, 0.5) is 0 Å². The molecular formula is C22H21N3O2. The maximum Gasteiger partial charge on any atom is 0.251 e. The number of fused-ring (bicyclic) bond motifs is 3. The van der Waals surface area contributed by atoms with Crippen molar-refractivity contribution < 1.29 is 9.53 Å². The number of carbonyl (C=O) groups excluding carboxylic acids is 1. The molecule has 0 saturated heterocycles. The fourth-order valence-electron chi connectivity index (χ4n) is 3.44. The van der Waals surface area contributed by atoms with Gasteiger partial charge in [0, 0.05) is 28.0 Å². The van der Waals surface area contributed by atoms with Crippen molar-refractivity contribution in [2.45, 2.75) is 19.9 Å². The van der Waals surface area contributed by atoms with Crippen molar-refractivity contribution in [2.75, 3.05) is 7.11 Å². The molecule has 2 N–H and O–H groups in total. The summed E-state index contributed by atoms with van der Waals surface area (Å²) in [6.07, 6.45) is 3.67. The third-order valence-electron chi connectivity index (χ3n) is 4.90. The molecule has 4 aromatic rings. The van der Waals surface area contributed by atoms with Gasteiger partial charge in [-0.25, -0.2) is 0 Å². The van der Waals surface area contributed by atoms with E-state index in [9.17, 15) is 4.79 Å². The molecule has 0 spiro atoms. The molecule has 1 atom stereocenters.